The minimum atomic E-state index is 0.175. The van der Waals surface area contributed by atoms with Crippen LogP contribution in [0, 0.1) is 6.92 Å². The molecule has 0 aromatic carbocycles. The summed E-state index contributed by atoms with van der Waals surface area (Å²) in [6.45, 7) is 8.35. The second kappa shape index (κ2) is 6.54. The van der Waals surface area contributed by atoms with Gasteiger partial charge in [-0.05, 0) is 20.3 Å². The average Bonchev–Trinajstić information content (AvgIpc) is 2.31. The van der Waals surface area contributed by atoms with E-state index in [4.69, 9.17) is 5.11 Å². The molecule has 5 nitrogen and oxygen atoms in total. The first-order chi connectivity index (χ1) is 8.49. The topological polar surface area (TPSA) is 70.1 Å². The summed E-state index contributed by atoms with van der Waals surface area (Å²) in [5.74, 6) is 2.81. The first-order valence-corrected chi connectivity index (χ1v) is 6.43. The number of aliphatic hydroxyl groups is 1. The van der Waals surface area contributed by atoms with Gasteiger partial charge in [-0.2, -0.15) is 0 Å². The molecule has 0 aliphatic heterocycles. The van der Waals surface area contributed by atoms with Crippen LogP contribution in [0.4, 0.5) is 11.6 Å². The number of nitrogens with one attached hydrogen (secondary N) is 2. The van der Waals surface area contributed by atoms with Crippen LogP contribution in [0.1, 0.15) is 44.5 Å². The maximum atomic E-state index is 8.94. The number of hydrogen-bond acceptors (Lipinski definition) is 5. The van der Waals surface area contributed by atoms with Gasteiger partial charge in [0.1, 0.15) is 17.5 Å². The molecule has 0 aliphatic carbocycles. The van der Waals surface area contributed by atoms with Gasteiger partial charge >= 0.3 is 0 Å². The fraction of sp³-hybridized carbons (Fsp3) is 0.692. The number of nitrogens with zero attached hydrogens (tertiary/aromatic N) is 2. The van der Waals surface area contributed by atoms with Crippen LogP contribution in [0.5, 0.6) is 0 Å². The molecule has 0 fully saturated rings. The highest BCUT2D eigenvalue weighted by Gasteiger charge is 2.13. The highest BCUT2D eigenvalue weighted by Crippen LogP contribution is 2.23. The number of rotatable bonds is 6. The fourth-order valence-corrected chi connectivity index (χ4v) is 1.68. The van der Waals surface area contributed by atoms with E-state index >= 15 is 0 Å². The van der Waals surface area contributed by atoms with E-state index in [1.54, 1.807) is 0 Å². The lowest BCUT2D eigenvalue weighted by atomic mass is 10.2. The predicted octanol–water partition coefficient (Wildman–Crippen LogP) is 2.13. The van der Waals surface area contributed by atoms with Crippen molar-refractivity contribution in [2.75, 3.05) is 24.3 Å². The van der Waals surface area contributed by atoms with Crippen LogP contribution in [-0.2, 0) is 0 Å². The smallest absolute Gasteiger partial charge is 0.135 e. The van der Waals surface area contributed by atoms with Gasteiger partial charge in [-0.25, -0.2) is 9.97 Å². The molecule has 1 rings (SSSR count). The predicted molar refractivity (Wildman–Crippen MR) is 75.2 cm³/mol. The van der Waals surface area contributed by atoms with Gasteiger partial charge < -0.3 is 15.7 Å². The van der Waals surface area contributed by atoms with Crippen molar-refractivity contribution in [3.8, 4) is 0 Å². The fourth-order valence-electron chi connectivity index (χ4n) is 1.68. The van der Waals surface area contributed by atoms with Crippen LogP contribution in [0.2, 0.25) is 0 Å². The van der Waals surface area contributed by atoms with E-state index < -0.39 is 0 Å². The van der Waals surface area contributed by atoms with Gasteiger partial charge in [-0.15, -0.1) is 0 Å². The SMILES string of the molecule is CNc1nc(C(C)C)nc(NC(C)CCO)c1C. The van der Waals surface area contributed by atoms with Crippen molar-refractivity contribution in [3.63, 3.8) is 0 Å². The van der Waals surface area contributed by atoms with Crippen molar-refractivity contribution in [3.05, 3.63) is 11.4 Å². The molecule has 0 saturated carbocycles. The van der Waals surface area contributed by atoms with Gasteiger partial charge in [0.05, 0.1) is 0 Å². The van der Waals surface area contributed by atoms with Crippen LogP contribution >= 0.6 is 0 Å². The number of aromatic nitrogens is 2. The molecule has 102 valence electrons. The summed E-state index contributed by atoms with van der Waals surface area (Å²) in [7, 11) is 1.86. The summed E-state index contributed by atoms with van der Waals surface area (Å²) >= 11 is 0. The molecule has 0 saturated heterocycles. The second-order valence-corrected chi connectivity index (χ2v) is 4.87. The molecule has 0 bridgehead atoms. The van der Waals surface area contributed by atoms with Gasteiger partial charge in [0.15, 0.2) is 0 Å². The normalized spacial score (nSPS) is 12.6. The number of anilines is 2. The Morgan fingerprint density at radius 2 is 1.78 bits per heavy atom. The third kappa shape index (κ3) is 3.57. The van der Waals surface area contributed by atoms with Crippen LogP contribution in [0.25, 0.3) is 0 Å². The molecule has 1 heterocycles. The van der Waals surface area contributed by atoms with E-state index in [1.807, 2.05) is 20.9 Å². The highest BCUT2D eigenvalue weighted by molar-refractivity contribution is 5.57. The number of aliphatic hydroxyl groups excluding tert-OH is 1. The Kier molecular flexibility index (Phi) is 5.34. The highest BCUT2D eigenvalue weighted by atomic mass is 16.3. The van der Waals surface area contributed by atoms with Crippen molar-refractivity contribution in [1.82, 2.24) is 9.97 Å². The standard InChI is InChI=1S/C13H24N4O/c1-8(2)11-16-12(14-5)10(4)13(17-11)15-9(3)6-7-18/h8-9,18H,6-7H2,1-5H3,(H2,14,15,16,17). The molecule has 0 aliphatic rings. The molecule has 5 heteroatoms. The lowest BCUT2D eigenvalue weighted by molar-refractivity contribution is 0.282. The lowest BCUT2D eigenvalue weighted by Crippen LogP contribution is -2.20. The molecular formula is C13H24N4O. The molecule has 0 radical (unpaired) electrons. The van der Waals surface area contributed by atoms with Crippen LogP contribution in [0.3, 0.4) is 0 Å². The zero-order chi connectivity index (χ0) is 13.7. The van der Waals surface area contributed by atoms with E-state index in [0.29, 0.717) is 6.42 Å². The van der Waals surface area contributed by atoms with E-state index in [9.17, 15) is 0 Å². The molecule has 1 atom stereocenters. The van der Waals surface area contributed by atoms with Gasteiger partial charge in [-0.3, -0.25) is 0 Å². The third-order valence-electron chi connectivity index (χ3n) is 2.86. The van der Waals surface area contributed by atoms with E-state index in [1.165, 1.54) is 0 Å². The van der Waals surface area contributed by atoms with Crippen molar-refractivity contribution in [2.45, 2.75) is 46.1 Å². The quantitative estimate of drug-likeness (QED) is 0.723. The molecule has 1 aromatic rings. The van der Waals surface area contributed by atoms with Gasteiger partial charge in [0.25, 0.3) is 0 Å². The minimum Gasteiger partial charge on any atom is -0.396 e. The molecule has 1 unspecified atom stereocenters. The van der Waals surface area contributed by atoms with Crippen LogP contribution in [-0.4, -0.2) is 34.8 Å². The van der Waals surface area contributed by atoms with Crippen molar-refractivity contribution >= 4 is 11.6 Å². The average molecular weight is 252 g/mol. The number of hydrogen-bond donors (Lipinski definition) is 3. The molecule has 18 heavy (non-hydrogen) atoms. The van der Waals surface area contributed by atoms with Gasteiger partial charge in [-0.1, -0.05) is 13.8 Å². The summed E-state index contributed by atoms with van der Waals surface area (Å²) in [4.78, 5) is 9.05. The van der Waals surface area contributed by atoms with E-state index in [2.05, 4.69) is 34.4 Å². The summed E-state index contributed by atoms with van der Waals surface area (Å²) in [6, 6.07) is 0.188. The maximum absolute atomic E-state index is 8.94. The summed E-state index contributed by atoms with van der Waals surface area (Å²) in [6.07, 6.45) is 0.704. The Balaban J connectivity index is 3.04. The largest absolute Gasteiger partial charge is 0.396 e. The molecule has 3 N–H and O–H groups in total. The Bertz CT molecular complexity index is 393. The molecule has 0 spiro atoms. The first kappa shape index (κ1) is 14.7. The summed E-state index contributed by atoms with van der Waals surface area (Å²) < 4.78 is 0. The summed E-state index contributed by atoms with van der Waals surface area (Å²) in [5.41, 5.74) is 1.01. The van der Waals surface area contributed by atoms with E-state index in [0.717, 1.165) is 23.0 Å². The zero-order valence-corrected chi connectivity index (χ0v) is 11.9. The van der Waals surface area contributed by atoms with Gasteiger partial charge in [0.2, 0.25) is 0 Å². The van der Waals surface area contributed by atoms with Crippen molar-refractivity contribution in [2.24, 2.45) is 0 Å². The summed E-state index contributed by atoms with van der Waals surface area (Å²) in [5, 5.41) is 15.4. The lowest BCUT2D eigenvalue weighted by Gasteiger charge is -2.18. The Hall–Kier alpha value is -1.36. The Morgan fingerprint density at radius 3 is 2.28 bits per heavy atom. The first-order valence-electron chi connectivity index (χ1n) is 6.43. The zero-order valence-electron chi connectivity index (χ0n) is 11.9. The van der Waals surface area contributed by atoms with E-state index in [-0.39, 0.29) is 18.6 Å². The molecular weight excluding hydrogens is 228 g/mol. The third-order valence-corrected chi connectivity index (χ3v) is 2.86. The van der Waals surface area contributed by atoms with Gasteiger partial charge in [0, 0.05) is 31.2 Å². The monoisotopic (exact) mass is 252 g/mol. The van der Waals surface area contributed by atoms with Crippen LogP contribution in [0.15, 0.2) is 0 Å². The Labute approximate surface area is 109 Å². The minimum absolute atomic E-state index is 0.175. The van der Waals surface area contributed by atoms with Crippen LogP contribution < -0.4 is 10.6 Å². The molecule has 0 amide bonds. The maximum Gasteiger partial charge on any atom is 0.135 e. The molecule has 1 aromatic heterocycles. The second-order valence-electron chi connectivity index (χ2n) is 4.87. The Morgan fingerprint density at radius 1 is 1.17 bits per heavy atom. The van der Waals surface area contributed by atoms with Crippen molar-refractivity contribution < 1.29 is 5.11 Å². The van der Waals surface area contributed by atoms with Crippen molar-refractivity contribution in [1.29, 1.82) is 0 Å².